The van der Waals surface area contributed by atoms with E-state index in [0.717, 1.165) is 17.7 Å². The van der Waals surface area contributed by atoms with Crippen LogP contribution in [0.2, 0.25) is 0 Å². The second kappa shape index (κ2) is 6.53. The summed E-state index contributed by atoms with van der Waals surface area (Å²) >= 11 is 1.49. The monoisotopic (exact) mass is 312 g/mol. The molecule has 0 aliphatic rings. The van der Waals surface area contributed by atoms with Gasteiger partial charge < -0.3 is 0 Å². The third-order valence-corrected chi connectivity index (χ3v) is 3.27. The maximum Gasteiger partial charge on any atom is 0.416 e. The zero-order chi connectivity index (χ0) is 15.3. The number of amides is 1. The average Bonchev–Trinajstić information content (AvgIpc) is 2.91. The minimum absolute atomic E-state index is 0.162. The number of hydrogen-bond donors (Lipinski definition) is 1. The van der Waals surface area contributed by atoms with Gasteiger partial charge in [-0.1, -0.05) is 18.2 Å². The summed E-state index contributed by atoms with van der Waals surface area (Å²) in [5, 5.41) is 7.46. The fraction of sp³-hybridized carbons (Fsp3) is 0.143. The molecular formula is C14H11F3N2OS. The van der Waals surface area contributed by atoms with Crippen molar-refractivity contribution < 1.29 is 18.0 Å². The molecule has 1 N–H and O–H groups in total. The van der Waals surface area contributed by atoms with E-state index in [4.69, 9.17) is 0 Å². The molecule has 1 aromatic carbocycles. The first-order valence-corrected chi connectivity index (χ1v) is 6.89. The van der Waals surface area contributed by atoms with E-state index in [1.165, 1.54) is 29.7 Å². The average molecular weight is 312 g/mol. The Kier molecular flexibility index (Phi) is 4.74. The van der Waals surface area contributed by atoms with Gasteiger partial charge in [0.1, 0.15) is 0 Å². The molecule has 0 bridgehead atoms. The summed E-state index contributed by atoms with van der Waals surface area (Å²) in [4.78, 5) is 11.6. The highest BCUT2D eigenvalue weighted by molar-refractivity contribution is 7.08. The smallest absolute Gasteiger partial charge is 0.273 e. The summed E-state index contributed by atoms with van der Waals surface area (Å²) in [6.45, 7) is 0. The Hall–Kier alpha value is -2.15. The predicted octanol–water partition coefficient (Wildman–Crippen LogP) is 3.46. The van der Waals surface area contributed by atoms with Gasteiger partial charge in [-0.25, -0.2) is 5.43 Å². The number of hydrazone groups is 1. The van der Waals surface area contributed by atoms with Crippen LogP contribution in [0.4, 0.5) is 13.2 Å². The molecule has 0 fully saturated rings. The number of carbonyl (C=O) groups is 1. The fourth-order valence-corrected chi connectivity index (χ4v) is 2.22. The second-order valence-corrected chi connectivity index (χ2v) is 5.00. The number of nitrogens with one attached hydrogen (secondary N) is 1. The summed E-state index contributed by atoms with van der Waals surface area (Å²) in [5.74, 6) is -0.471. The maximum absolute atomic E-state index is 12.5. The van der Waals surface area contributed by atoms with Crippen molar-refractivity contribution in [2.24, 2.45) is 5.10 Å². The zero-order valence-corrected chi connectivity index (χ0v) is 11.5. The summed E-state index contributed by atoms with van der Waals surface area (Å²) < 4.78 is 37.6. The normalized spacial score (nSPS) is 11.8. The number of rotatable bonds is 4. The second-order valence-electron chi connectivity index (χ2n) is 4.22. The van der Waals surface area contributed by atoms with Crippen LogP contribution in [0.15, 0.2) is 46.2 Å². The lowest BCUT2D eigenvalue weighted by molar-refractivity contribution is -0.137. The van der Waals surface area contributed by atoms with Crippen molar-refractivity contribution >= 4 is 23.5 Å². The van der Waals surface area contributed by atoms with Gasteiger partial charge in [0, 0.05) is 5.56 Å². The predicted molar refractivity (Wildman–Crippen MR) is 75.2 cm³/mol. The van der Waals surface area contributed by atoms with Crippen LogP contribution in [0.5, 0.6) is 0 Å². The van der Waals surface area contributed by atoms with Crippen LogP contribution in [0.25, 0.3) is 0 Å². The summed E-state index contributed by atoms with van der Waals surface area (Å²) in [6.07, 6.45) is -3.10. The Morgan fingerprint density at radius 3 is 2.81 bits per heavy atom. The molecule has 2 rings (SSSR count). The third kappa shape index (κ3) is 4.71. The van der Waals surface area contributed by atoms with E-state index >= 15 is 0 Å². The van der Waals surface area contributed by atoms with Crippen molar-refractivity contribution in [2.75, 3.05) is 0 Å². The molecule has 0 saturated heterocycles. The van der Waals surface area contributed by atoms with E-state index in [0.29, 0.717) is 0 Å². The van der Waals surface area contributed by atoms with E-state index in [1.807, 2.05) is 16.8 Å². The first-order chi connectivity index (χ1) is 9.95. The molecule has 1 heterocycles. The number of halogens is 3. The lowest BCUT2D eigenvalue weighted by Gasteiger charge is -2.08. The van der Waals surface area contributed by atoms with E-state index in [9.17, 15) is 18.0 Å². The highest BCUT2D eigenvalue weighted by Crippen LogP contribution is 2.29. The Bertz CT molecular complexity index is 636. The minimum Gasteiger partial charge on any atom is -0.273 e. The number of thiophene rings is 1. The molecular weight excluding hydrogens is 301 g/mol. The van der Waals surface area contributed by atoms with Crippen LogP contribution >= 0.6 is 11.3 Å². The van der Waals surface area contributed by atoms with Gasteiger partial charge >= 0.3 is 6.18 Å². The van der Waals surface area contributed by atoms with Gasteiger partial charge in [0.05, 0.1) is 18.2 Å². The number of hydrogen-bond acceptors (Lipinski definition) is 3. The lowest BCUT2D eigenvalue weighted by atomic mass is 10.1. The number of benzene rings is 1. The van der Waals surface area contributed by atoms with Crippen LogP contribution in [-0.2, 0) is 17.4 Å². The van der Waals surface area contributed by atoms with Crippen LogP contribution in [-0.4, -0.2) is 12.1 Å². The van der Waals surface area contributed by atoms with Crippen LogP contribution in [0.3, 0.4) is 0 Å². The topological polar surface area (TPSA) is 41.5 Å². The summed E-state index contributed by atoms with van der Waals surface area (Å²) in [5.41, 5.74) is 2.64. The van der Waals surface area contributed by atoms with E-state index in [2.05, 4.69) is 10.5 Å². The largest absolute Gasteiger partial charge is 0.416 e. The van der Waals surface area contributed by atoms with Gasteiger partial charge in [-0.3, -0.25) is 4.79 Å². The molecule has 0 atom stereocenters. The molecule has 21 heavy (non-hydrogen) atoms. The van der Waals surface area contributed by atoms with Crippen LogP contribution in [0, 0.1) is 0 Å². The molecule has 110 valence electrons. The molecule has 3 nitrogen and oxygen atoms in total. The van der Waals surface area contributed by atoms with Crippen molar-refractivity contribution in [3.8, 4) is 0 Å². The number of nitrogens with zero attached hydrogens (tertiary/aromatic N) is 1. The Morgan fingerprint density at radius 1 is 1.33 bits per heavy atom. The van der Waals surface area contributed by atoms with Crippen LogP contribution < -0.4 is 5.43 Å². The van der Waals surface area contributed by atoms with Crippen molar-refractivity contribution in [1.29, 1.82) is 0 Å². The summed E-state index contributed by atoms with van der Waals surface area (Å²) in [6, 6.07) is 6.50. The standard InChI is InChI=1S/C14H11F3N2OS/c15-14(16,17)12-3-1-2-10(6-12)7-13(20)19-18-8-11-4-5-21-9-11/h1-6,8-9H,7H2,(H,19,20)/b18-8+. The third-order valence-electron chi connectivity index (χ3n) is 2.57. The first kappa shape index (κ1) is 15.2. The van der Waals surface area contributed by atoms with Crippen molar-refractivity contribution in [3.05, 3.63) is 57.8 Å². The maximum atomic E-state index is 12.5. The highest BCUT2D eigenvalue weighted by Gasteiger charge is 2.30. The molecule has 0 aliphatic heterocycles. The van der Waals surface area contributed by atoms with Gasteiger partial charge in [-0.05, 0) is 28.5 Å². The van der Waals surface area contributed by atoms with E-state index in [1.54, 1.807) is 0 Å². The first-order valence-electron chi connectivity index (χ1n) is 5.95. The molecule has 0 aliphatic carbocycles. The molecule has 0 spiro atoms. The SMILES string of the molecule is O=C(Cc1cccc(C(F)(F)F)c1)N/N=C/c1ccsc1. The molecule has 2 aromatic rings. The number of alkyl halides is 3. The fourth-order valence-electron chi connectivity index (χ4n) is 1.61. The Balaban J connectivity index is 1.94. The van der Waals surface area contributed by atoms with Gasteiger partial charge in [-0.15, -0.1) is 0 Å². The van der Waals surface area contributed by atoms with Gasteiger partial charge in [0.25, 0.3) is 0 Å². The van der Waals surface area contributed by atoms with Crippen LogP contribution in [0.1, 0.15) is 16.7 Å². The van der Waals surface area contributed by atoms with E-state index in [-0.39, 0.29) is 12.0 Å². The van der Waals surface area contributed by atoms with Crippen molar-refractivity contribution in [1.82, 2.24) is 5.43 Å². The Labute approximate surface area is 123 Å². The molecule has 0 radical (unpaired) electrons. The van der Waals surface area contributed by atoms with Gasteiger partial charge in [0.15, 0.2) is 0 Å². The van der Waals surface area contributed by atoms with Crippen molar-refractivity contribution in [2.45, 2.75) is 12.6 Å². The summed E-state index contributed by atoms with van der Waals surface area (Å²) in [7, 11) is 0. The van der Waals surface area contributed by atoms with Gasteiger partial charge in [0.2, 0.25) is 5.91 Å². The van der Waals surface area contributed by atoms with Crippen molar-refractivity contribution in [3.63, 3.8) is 0 Å². The minimum atomic E-state index is -4.41. The molecule has 0 saturated carbocycles. The highest BCUT2D eigenvalue weighted by atomic mass is 32.1. The zero-order valence-electron chi connectivity index (χ0n) is 10.7. The molecule has 7 heteroatoms. The molecule has 1 amide bonds. The van der Waals surface area contributed by atoms with Gasteiger partial charge in [-0.2, -0.15) is 29.6 Å². The molecule has 0 unspecified atom stereocenters. The Morgan fingerprint density at radius 2 is 2.14 bits per heavy atom. The molecule has 1 aromatic heterocycles. The van der Waals surface area contributed by atoms with E-state index < -0.39 is 17.6 Å². The quantitative estimate of drug-likeness (QED) is 0.682. The number of carbonyl (C=O) groups excluding carboxylic acids is 1. The lowest BCUT2D eigenvalue weighted by Crippen LogP contribution is -2.20.